The number of aryl methyl sites for hydroxylation is 1. The zero-order valence-corrected chi connectivity index (χ0v) is 17.0. The van der Waals surface area contributed by atoms with Crippen LogP contribution in [0.25, 0.3) is 10.9 Å². The minimum Gasteiger partial charge on any atom is -0.494 e. The number of anilines is 1. The predicted octanol–water partition coefficient (Wildman–Crippen LogP) is 3.60. The molecule has 2 heterocycles. The summed E-state index contributed by atoms with van der Waals surface area (Å²) < 4.78 is 11.0. The molecule has 0 fully saturated rings. The molecular weight excluding hydrogens is 368 g/mol. The Bertz CT molecular complexity index is 1000. The van der Waals surface area contributed by atoms with Crippen molar-refractivity contribution >= 4 is 22.6 Å². The first-order chi connectivity index (χ1) is 14.0. The number of ketones is 1. The molecule has 0 atom stereocenters. The number of aromatic nitrogens is 3. The van der Waals surface area contributed by atoms with E-state index in [0.717, 1.165) is 11.4 Å². The minimum atomic E-state index is -0.111. The molecule has 0 saturated carbocycles. The highest BCUT2D eigenvalue weighted by Gasteiger charge is 2.16. The number of nitrogens with zero attached hydrogens (tertiary/aromatic N) is 3. The summed E-state index contributed by atoms with van der Waals surface area (Å²) in [6.45, 7) is 5.37. The Kier molecular flexibility index (Phi) is 6.72. The molecule has 2 N–H and O–H groups in total. The number of carbonyl (C=O) groups is 1. The number of Topliss-reactive ketones (excluding diaryl/α,β-unsaturated/α-hetero) is 1. The van der Waals surface area contributed by atoms with Crippen LogP contribution in [0.2, 0.25) is 0 Å². The topological polar surface area (TPSA) is 100 Å². The summed E-state index contributed by atoms with van der Waals surface area (Å²) >= 11 is 0. The van der Waals surface area contributed by atoms with Crippen LogP contribution in [0.5, 0.6) is 5.75 Å². The molecule has 0 aliphatic carbocycles. The molecule has 0 bridgehead atoms. The maximum atomic E-state index is 12.9. The first-order valence-electron chi connectivity index (χ1n) is 9.64. The van der Waals surface area contributed by atoms with Crippen LogP contribution in [0.15, 0.2) is 36.4 Å². The van der Waals surface area contributed by atoms with Gasteiger partial charge in [0, 0.05) is 24.1 Å². The number of rotatable bonds is 9. The Morgan fingerprint density at radius 3 is 2.59 bits per heavy atom. The number of carbonyl (C=O) groups excluding carboxylic acids is 1. The fourth-order valence-corrected chi connectivity index (χ4v) is 3.03. The van der Waals surface area contributed by atoms with Gasteiger partial charge in [-0.3, -0.25) is 9.78 Å². The van der Waals surface area contributed by atoms with Gasteiger partial charge in [0.1, 0.15) is 17.0 Å². The van der Waals surface area contributed by atoms with Crippen LogP contribution in [-0.4, -0.2) is 34.5 Å². The van der Waals surface area contributed by atoms with Crippen molar-refractivity contribution in [3.8, 4) is 5.75 Å². The Morgan fingerprint density at radius 1 is 1.07 bits per heavy atom. The fraction of sp³-hybridized carbons (Fsp3) is 0.364. The number of fused-ring (bicyclic) bond motifs is 1. The van der Waals surface area contributed by atoms with E-state index >= 15 is 0 Å². The summed E-state index contributed by atoms with van der Waals surface area (Å²) in [5.41, 5.74) is 8.37. The van der Waals surface area contributed by atoms with E-state index in [-0.39, 0.29) is 18.2 Å². The van der Waals surface area contributed by atoms with Crippen molar-refractivity contribution in [3.05, 3.63) is 53.5 Å². The molecule has 7 heteroatoms. The van der Waals surface area contributed by atoms with E-state index in [2.05, 4.69) is 28.8 Å². The van der Waals surface area contributed by atoms with Crippen LogP contribution in [0.1, 0.15) is 42.1 Å². The molecule has 0 amide bonds. The number of ether oxygens (including phenoxy) is 2. The molecule has 7 nitrogen and oxygen atoms in total. The SMILES string of the molecule is COc1cccc2c(C(=O)CCc3cccc(COCC(C)C)n3)nc(N)nc12. The molecule has 0 saturated heterocycles. The van der Waals surface area contributed by atoms with Crippen molar-refractivity contribution in [3.63, 3.8) is 0 Å². The highest BCUT2D eigenvalue weighted by atomic mass is 16.5. The highest BCUT2D eigenvalue weighted by Crippen LogP contribution is 2.26. The van der Waals surface area contributed by atoms with Crippen LogP contribution in [0.4, 0.5) is 5.95 Å². The normalized spacial score (nSPS) is 11.2. The number of pyridine rings is 1. The minimum absolute atomic E-state index is 0.0489. The monoisotopic (exact) mass is 394 g/mol. The second-order valence-corrected chi connectivity index (χ2v) is 7.24. The summed E-state index contributed by atoms with van der Waals surface area (Å²) in [5.74, 6) is 0.972. The van der Waals surface area contributed by atoms with E-state index in [1.165, 1.54) is 0 Å². The van der Waals surface area contributed by atoms with Gasteiger partial charge < -0.3 is 15.2 Å². The maximum Gasteiger partial charge on any atom is 0.221 e. The van der Waals surface area contributed by atoms with Crippen molar-refractivity contribution < 1.29 is 14.3 Å². The van der Waals surface area contributed by atoms with Gasteiger partial charge in [0.15, 0.2) is 5.78 Å². The van der Waals surface area contributed by atoms with Gasteiger partial charge in [0.05, 0.1) is 19.4 Å². The lowest BCUT2D eigenvalue weighted by atomic mass is 10.1. The number of benzene rings is 1. The molecule has 2 aromatic heterocycles. The van der Waals surface area contributed by atoms with Gasteiger partial charge in [-0.2, -0.15) is 0 Å². The van der Waals surface area contributed by atoms with E-state index < -0.39 is 0 Å². The lowest BCUT2D eigenvalue weighted by Gasteiger charge is -2.09. The highest BCUT2D eigenvalue weighted by molar-refractivity contribution is 6.07. The van der Waals surface area contributed by atoms with Crippen LogP contribution < -0.4 is 10.5 Å². The molecule has 0 unspecified atom stereocenters. The Labute approximate surface area is 170 Å². The van der Waals surface area contributed by atoms with Crippen molar-refractivity contribution in [1.29, 1.82) is 0 Å². The molecule has 29 heavy (non-hydrogen) atoms. The van der Waals surface area contributed by atoms with E-state index in [0.29, 0.717) is 47.9 Å². The summed E-state index contributed by atoms with van der Waals surface area (Å²) in [5, 5.41) is 0.632. The predicted molar refractivity (Wildman–Crippen MR) is 112 cm³/mol. The lowest BCUT2D eigenvalue weighted by Crippen LogP contribution is -2.10. The zero-order valence-electron chi connectivity index (χ0n) is 17.0. The fourth-order valence-electron chi connectivity index (χ4n) is 3.03. The number of nitrogen functional groups attached to an aromatic ring is 1. The standard InChI is InChI=1S/C22H26N4O3/c1-14(2)12-29-13-16-7-4-6-15(24-16)10-11-18(27)20-17-8-5-9-19(28-3)21(17)26-22(23)25-20/h4-9,14H,10-13H2,1-3H3,(H2,23,25,26). The number of hydrogen-bond donors (Lipinski definition) is 1. The van der Waals surface area contributed by atoms with E-state index in [9.17, 15) is 4.79 Å². The number of hydrogen-bond acceptors (Lipinski definition) is 7. The second-order valence-electron chi connectivity index (χ2n) is 7.24. The van der Waals surface area contributed by atoms with Crippen LogP contribution in [0, 0.1) is 5.92 Å². The third-order valence-electron chi connectivity index (χ3n) is 4.36. The Morgan fingerprint density at radius 2 is 1.83 bits per heavy atom. The largest absolute Gasteiger partial charge is 0.494 e. The van der Waals surface area contributed by atoms with Crippen LogP contribution >= 0.6 is 0 Å². The summed E-state index contributed by atoms with van der Waals surface area (Å²) in [4.78, 5) is 25.9. The van der Waals surface area contributed by atoms with Gasteiger partial charge in [-0.15, -0.1) is 0 Å². The average molecular weight is 394 g/mol. The Balaban J connectivity index is 1.73. The van der Waals surface area contributed by atoms with Gasteiger partial charge >= 0.3 is 0 Å². The van der Waals surface area contributed by atoms with Gasteiger partial charge in [-0.25, -0.2) is 9.97 Å². The molecule has 0 aliphatic rings. The van der Waals surface area contributed by atoms with Gasteiger partial charge in [-0.05, 0) is 30.5 Å². The first kappa shape index (κ1) is 20.7. The summed E-state index contributed by atoms with van der Waals surface area (Å²) in [6.07, 6.45) is 0.776. The molecular formula is C22H26N4O3. The quantitative estimate of drug-likeness (QED) is 0.553. The molecule has 152 valence electrons. The molecule has 0 spiro atoms. The number of para-hydroxylation sites is 1. The molecule has 0 aliphatic heterocycles. The van der Waals surface area contributed by atoms with Crippen molar-refractivity contribution in [2.45, 2.75) is 33.3 Å². The molecule has 3 rings (SSSR count). The van der Waals surface area contributed by atoms with E-state index in [1.54, 1.807) is 25.3 Å². The third-order valence-corrected chi connectivity index (χ3v) is 4.36. The Hall–Kier alpha value is -3.06. The van der Waals surface area contributed by atoms with Crippen molar-refractivity contribution in [2.24, 2.45) is 5.92 Å². The lowest BCUT2D eigenvalue weighted by molar-refractivity contribution is 0.0946. The van der Waals surface area contributed by atoms with Gasteiger partial charge in [-0.1, -0.05) is 32.0 Å². The van der Waals surface area contributed by atoms with Crippen LogP contribution in [0.3, 0.4) is 0 Å². The summed E-state index contributed by atoms with van der Waals surface area (Å²) in [6, 6.07) is 11.2. The molecule has 1 aromatic carbocycles. The second kappa shape index (κ2) is 9.43. The average Bonchev–Trinajstić information content (AvgIpc) is 2.71. The molecule has 3 aromatic rings. The number of methoxy groups -OCH3 is 1. The third kappa shape index (κ3) is 5.26. The van der Waals surface area contributed by atoms with Crippen LogP contribution in [-0.2, 0) is 17.8 Å². The van der Waals surface area contributed by atoms with Gasteiger partial charge in [0.2, 0.25) is 5.95 Å². The van der Waals surface area contributed by atoms with Gasteiger partial charge in [0.25, 0.3) is 0 Å². The van der Waals surface area contributed by atoms with E-state index in [4.69, 9.17) is 15.2 Å². The summed E-state index contributed by atoms with van der Waals surface area (Å²) in [7, 11) is 1.55. The maximum absolute atomic E-state index is 12.9. The zero-order chi connectivity index (χ0) is 20.8. The number of nitrogens with two attached hydrogens (primary N) is 1. The van der Waals surface area contributed by atoms with Crippen molar-refractivity contribution in [2.75, 3.05) is 19.5 Å². The smallest absolute Gasteiger partial charge is 0.221 e. The molecule has 0 radical (unpaired) electrons. The van der Waals surface area contributed by atoms with Crippen molar-refractivity contribution in [1.82, 2.24) is 15.0 Å². The van der Waals surface area contributed by atoms with E-state index in [1.807, 2.05) is 18.2 Å². The first-order valence-corrected chi connectivity index (χ1v) is 9.64.